The number of fused-ring (bicyclic) bond motifs is 2. The molecule has 2 aliphatic heterocycles. The van der Waals surface area contributed by atoms with Gasteiger partial charge >= 0.3 is 0 Å². The van der Waals surface area contributed by atoms with Crippen molar-refractivity contribution in [3.8, 4) is 0 Å². The Hall–Kier alpha value is -1.53. The smallest absolute Gasteiger partial charge is 0.248 e. The predicted molar refractivity (Wildman–Crippen MR) is 110 cm³/mol. The second-order valence-electron chi connectivity index (χ2n) is 9.28. The number of nitrogens with zero attached hydrogens (tertiary/aromatic N) is 1. The highest BCUT2D eigenvalue weighted by Gasteiger charge is 2.40. The molecule has 2 saturated heterocycles. The van der Waals surface area contributed by atoms with Gasteiger partial charge in [0.1, 0.15) is 0 Å². The number of amides is 1. The van der Waals surface area contributed by atoms with Crippen LogP contribution in [0.5, 0.6) is 0 Å². The molecule has 0 aromatic heterocycles. The first kappa shape index (κ1) is 20.7. The molecule has 3 aliphatic rings. The van der Waals surface area contributed by atoms with Gasteiger partial charge in [-0.05, 0) is 74.6 Å². The van der Waals surface area contributed by atoms with Crippen LogP contribution < -0.4 is 11.1 Å². The molecule has 1 amide bonds. The number of piperidine rings is 1. The number of hydrogen-bond acceptors (Lipinski definition) is 3. The van der Waals surface area contributed by atoms with Crippen molar-refractivity contribution in [3.63, 3.8) is 0 Å². The van der Waals surface area contributed by atoms with E-state index in [2.05, 4.69) is 16.3 Å². The van der Waals surface area contributed by atoms with Crippen molar-refractivity contribution in [2.45, 2.75) is 75.3 Å². The zero-order valence-corrected chi connectivity index (χ0v) is 17.1. The van der Waals surface area contributed by atoms with E-state index in [-0.39, 0.29) is 18.7 Å². The van der Waals surface area contributed by atoms with Crippen LogP contribution in [0.3, 0.4) is 0 Å². The third-order valence-electron chi connectivity index (χ3n) is 7.34. The van der Waals surface area contributed by atoms with E-state index >= 15 is 0 Å². The first-order valence-corrected chi connectivity index (χ1v) is 11.2. The lowest BCUT2D eigenvalue weighted by atomic mass is 9.84. The Labute approximate surface area is 172 Å². The highest BCUT2D eigenvalue weighted by atomic mass is 19.3. The van der Waals surface area contributed by atoms with Crippen LogP contribution in [0, 0.1) is 5.92 Å². The molecule has 29 heavy (non-hydrogen) atoms. The highest BCUT2D eigenvalue weighted by molar-refractivity contribution is 5.92. The summed E-state index contributed by atoms with van der Waals surface area (Å²) in [7, 11) is 0. The highest BCUT2D eigenvalue weighted by Crippen LogP contribution is 2.43. The van der Waals surface area contributed by atoms with Crippen molar-refractivity contribution in [2.75, 3.05) is 19.6 Å². The van der Waals surface area contributed by atoms with Gasteiger partial charge in [0.15, 0.2) is 0 Å². The van der Waals surface area contributed by atoms with Crippen LogP contribution in [0.1, 0.15) is 73.2 Å². The minimum atomic E-state index is -2.43. The fourth-order valence-electron chi connectivity index (χ4n) is 5.68. The number of carbonyl (C=O) groups excluding carboxylic acids is 1. The van der Waals surface area contributed by atoms with E-state index in [1.807, 2.05) is 12.1 Å². The van der Waals surface area contributed by atoms with Crippen LogP contribution in [-0.4, -0.2) is 48.4 Å². The minimum Gasteiger partial charge on any atom is -0.366 e. The van der Waals surface area contributed by atoms with Crippen LogP contribution in [0.25, 0.3) is 0 Å². The molecule has 0 radical (unpaired) electrons. The average Bonchev–Trinajstić information content (AvgIpc) is 2.93. The molecule has 3 fully saturated rings. The maximum Gasteiger partial charge on any atom is 0.248 e. The van der Waals surface area contributed by atoms with Crippen LogP contribution >= 0.6 is 0 Å². The molecule has 3 atom stereocenters. The van der Waals surface area contributed by atoms with Gasteiger partial charge in [-0.1, -0.05) is 12.1 Å². The summed E-state index contributed by atoms with van der Waals surface area (Å²) < 4.78 is 26.5. The molecule has 3 N–H and O–H groups in total. The Morgan fingerprint density at radius 3 is 2.48 bits per heavy atom. The summed E-state index contributed by atoms with van der Waals surface area (Å²) in [6, 6.07) is 9.03. The maximum absolute atomic E-state index is 13.3. The Kier molecular flexibility index (Phi) is 6.21. The van der Waals surface area contributed by atoms with Crippen LogP contribution in [0.2, 0.25) is 0 Å². The average molecular weight is 406 g/mol. The fraction of sp³-hybridized carbons (Fsp3) is 0.696. The minimum absolute atomic E-state index is 0.0496. The molecule has 1 aliphatic carbocycles. The molecule has 0 spiro atoms. The Morgan fingerprint density at radius 2 is 1.83 bits per heavy atom. The molecule has 4 rings (SSSR count). The van der Waals surface area contributed by atoms with Crippen LogP contribution in [0.15, 0.2) is 24.3 Å². The number of benzene rings is 1. The summed E-state index contributed by atoms with van der Waals surface area (Å²) in [6.07, 6.45) is 6.14. The lowest BCUT2D eigenvalue weighted by molar-refractivity contribution is -0.0455. The third kappa shape index (κ3) is 4.97. The molecule has 0 unspecified atom stereocenters. The first-order valence-electron chi connectivity index (χ1n) is 11.2. The van der Waals surface area contributed by atoms with Gasteiger partial charge in [0.05, 0.1) is 0 Å². The Morgan fingerprint density at radius 1 is 1.14 bits per heavy atom. The molecule has 1 saturated carbocycles. The number of nitrogens with two attached hydrogens (primary N) is 1. The summed E-state index contributed by atoms with van der Waals surface area (Å²) >= 11 is 0. The Bertz CT molecular complexity index is 702. The zero-order valence-electron chi connectivity index (χ0n) is 17.1. The van der Waals surface area contributed by atoms with E-state index in [4.69, 9.17) is 5.73 Å². The third-order valence-corrected chi connectivity index (χ3v) is 7.34. The molecule has 160 valence electrons. The van der Waals surface area contributed by atoms with Gasteiger partial charge in [-0.3, -0.25) is 9.69 Å². The number of nitrogens with one attached hydrogen (secondary N) is 1. The van der Waals surface area contributed by atoms with Gasteiger partial charge in [-0.25, -0.2) is 8.78 Å². The number of hydrogen-bond donors (Lipinski definition) is 2. The van der Waals surface area contributed by atoms with Crippen molar-refractivity contribution in [1.29, 1.82) is 0 Å². The molecule has 6 heteroatoms. The van der Waals surface area contributed by atoms with Crippen molar-refractivity contribution >= 4 is 5.91 Å². The summed E-state index contributed by atoms with van der Waals surface area (Å²) in [5, 5.41) is 3.52. The number of rotatable bonds is 7. The summed E-state index contributed by atoms with van der Waals surface area (Å²) in [5.74, 6) is -1.90. The van der Waals surface area contributed by atoms with E-state index in [0.717, 1.165) is 32.5 Å². The first-order chi connectivity index (χ1) is 13.9. The zero-order chi connectivity index (χ0) is 20.4. The van der Waals surface area contributed by atoms with E-state index in [1.54, 1.807) is 6.07 Å². The normalized spacial score (nSPS) is 29.8. The van der Waals surface area contributed by atoms with Crippen LogP contribution in [0.4, 0.5) is 8.78 Å². The maximum atomic E-state index is 13.3. The van der Waals surface area contributed by atoms with Crippen molar-refractivity contribution in [3.05, 3.63) is 35.4 Å². The van der Waals surface area contributed by atoms with Gasteiger partial charge in [0, 0.05) is 43.6 Å². The largest absolute Gasteiger partial charge is 0.366 e. The van der Waals surface area contributed by atoms with Crippen molar-refractivity contribution < 1.29 is 13.6 Å². The van der Waals surface area contributed by atoms with Gasteiger partial charge in [-0.2, -0.15) is 0 Å². The summed E-state index contributed by atoms with van der Waals surface area (Å²) in [5.41, 5.74) is 7.28. The van der Waals surface area contributed by atoms with Gasteiger partial charge < -0.3 is 11.1 Å². The van der Waals surface area contributed by atoms with Gasteiger partial charge in [0.25, 0.3) is 0 Å². The van der Waals surface area contributed by atoms with E-state index in [0.29, 0.717) is 42.3 Å². The van der Waals surface area contributed by atoms with Crippen molar-refractivity contribution in [1.82, 2.24) is 10.2 Å². The second kappa shape index (κ2) is 8.68. The van der Waals surface area contributed by atoms with Crippen molar-refractivity contribution in [2.24, 2.45) is 11.7 Å². The lowest BCUT2D eigenvalue weighted by Crippen LogP contribution is -2.45. The molecular formula is C23H33F2N3O. The number of halogens is 2. The molecule has 1 aromatic carbocycles. The predicted octanol–water partition coefficient (Wildman–Crippen LogP) is 3.91. The number of alkyl halides is 2. The quantitative estimate of drug-likeness (QED) is 0.676. The monoisotopic (exact) mass is 405 g/mol. The molecule has 2 heterocycles. The molecular weight excluding hydrogens is 372 g/mol. The van der Waals surface area contributed by atoms with E-state index in [1.165, 1.54) is 18.4 Å². The topological polar surface area (TPSA) is 58.4 Å². The second-order valence-corrected chi connectivity index (χ2v) is 9.28. The van der Waals surface area contributed by atoms with Gasteiger partial charge in [0.2, 0.25) is 11.8 Å². The Balaban J connectivity index is 1.24. The standard InChI is InChI=1S/C23H33F2N3O/c24-23(25)8-6-16(7-9-23)15-27-10-11-28-20-4-5-21(28)14-19(13-20)17-2-1-3-18(12-17)22(26)29/h1-3,12,16,19-21,27H,4-11,13-15H2,(H2,26,29)/t19-,20+,21-. The van der Waals surface area contributed by atoms with Crippen LogP contribution in [-0.2, 0) is 0 Å². The van der Waals surface area contributed by atoms with E-state index < -0.39 is 5.92 Å². The lowest BCUT2D eigenvalue weighted by Gasteiger charge is -2.39. The SMILES string of the molecule is NC(=O)c1cccc([C@H]2C[C@H]3CC[C@@H](C2)N3CCNCC2CCC(F)(F)CC2)c1. The number of primary amides is 1. The van der Waals surface area contributed by atoms with E-state index in [9.17, 15) is 13.6 Å². The summed E-state index contributed by atoms with van der Waals surface area (Å²) in [6.45, 7) is 2.83. The molecule has 2 bridgehead atoms. The number of carbonyl (C=O) groups is 1. The molecule has 4 nitrogen and oxygen atoms in total. The van der Waals surface area contributed by atoms with Gasteiger partial charge in [-0.15, -0.1) is 0 Å². The summed E-state index contributed by atoms with van der Waals surface area (Å²) in [4.78, 5) is 14.1. The fourth-order valence-corrected chi connectivity index (χ4v) is 5.68. The molecule has 1 aromatic rings.